The van der Waals surface area contributed by atoms with Gasteiger partial charge in [0.2, 0.25) is 0 Å². The van der Waals surface area contributed by atoms with Gasteiger partial charge in [0, 0.05) is 11.4 Å². The van der Waals surface area contributed by atoms with E-state index in [1.165, 1.54) is 28.2 Å². The topological polar surface area (TPSA) is 3.24 Å². The molecule has 0 unspecified atom stereocenters. The molecule has 0 radical (unpaired) electrons. The van der Waals surface area contributed by atoms with Crippen LogP contribution in [0, 0.1) is 0 Å². The van der Waals surface area contributed by atoms with Crippen LogP contribution in [0.4, 0.5) is 11.4 Å². The molecule has 1 aliphatic rings. The highest BCUT2D eigenvalue weighted by Gasteiger charge is 2.25. The first-order chi connectivity index (χ1) is 12.8. The molecule has 0 saturated carbocycles. The molecule has 0 N–H and O–H groups in total. The average molecular weight is 339 g/mol. The summed E-state index contributed by atoms with van der Waals surface area (Å²) in [6.07, 6.45) is 14.6. The minimum Gasteiger partial charge on any atom is -0.310 e. The first-order valence-electron chi connectivity index (χ1n) is 9.10. The number of hydrogen-bond acceptors (Lipinski definition) is 1. The van der Waals surface area contributed by atoms with Crippen molar-refractivity contribution >= 4 is 11.4 Å². The van der Waals surface area contributed by atoms with E-state index >= 15 is 0 Å². The van der Waals surface area contributed by atoms with Crippen LogP contribution < -0.4 is 4.90 Å². The van der Waals surface area contributed by atoms with Gasteiger partial charge in [-0.05, 0) is 55.2 Å². The number of allylic oxidation sites excluding steroid dienone is 8. The first kappa shape index (κ1) is 17.8. The number of para-hydroxylation sites is 2. The van der Waals surface area contributed by atoms with Gasteiger partial charge in [0.1, 0.15) is 0 Å². The summed E-state index contributed by atoms with van der Waals surface area (Å²) in [6.45, 7) is 5.88. The fourth-order valence-corrected chi connectivity index (χ4v) is 3.28. The molecular weight excluding hydrogens is 314 g/mol. The van der Waals surface area contributed by atoms with Crippen LogP contribution in [0.2, 0.25) is 0 Å². The monoisotopic (exact) mass is 339 g/mol. The summed E-state index contributed by atoms with van der Waals surface area (Å²) in [6, 6.07) is 21.2. The van der Waals surface area contributed by atoms with E-state index < -0.39 is 0 Å². The standard InChI is InChI=1S/C25H25N/c1-3-5-13-21-19-20-22(14-6-4-2)25(21)26(23-15-9-7-10-16-23)24-17-11-8-12-18-24/h3-18H,1,19-20H2,2H3/b6-4?,13-5?,22-14+. The third-order valence-corrected chi connectivity index (χ3v) is 4.45. The lowest BCUT2D eigenvalue weighted by atomic mass is 10.1. The number of rotatable bonds is 6. The maximum atomic E-state index is 3.83. The highest BCUT2D eigenvalue weighted by atomic mass is 15.2. The predicted octanol–water partition coefficient (Wildman–Crippen LogP) is 7.12. The van der Waals surface area contributed by atoms with E-state index in [0.717, 1.165) is 12.8 Å². The Bertz CT molecular complexity index is 812. The molecule has 0 saturated heterocycles. The van der Waals surface area contributed by atoms with Crippen LogP contribution in [0.15, 0.2) is 121 Å². The lowest BCUT2D eigenvalue weighted by molar-refractivity contribution is 1.03. The maximum absolute atomic E-state index is 3.83. The summed E-state index contributed by atoms with van der Waals surface area (Å²) < 4.78 is 0. The van der Waals surface area contributed by atoms with Gasteiger partial charge in [0.15, 0.2) is 0 Å². The lowest BCUT2D eigenvalue weighted by Crippen LogP contribution is -2.17. The van der Waals surface area contributed by atoms with Crippen LogP contribution in [0.3, 0.4) is 0 Å². The number of anilines is 2. The van der Waals surface area contributed by atoms with E-state index in [1.54, 1.807) is 0 Å². The van der Waals surface area contributed by atoms with Gasteiger partial charge in [-0.15, -0.1) is 0 Å². The van der Waals surface area contributed by atoms with E-state index in [9.17, 15) is 0 Å². The minimum absolute atomic E-state index is 1.04. The second kappa shape index (κ2) is 8.87. The molecule has 2 aromatic rings. The molecule has 3 rings (SSSR count). The molecule has 26 heavy (non-hydrogen) atoms. The molecule has 1 heteroatoms. The number of hydrogen-bond donors (Lipinski definition) is 0. The van der Waals surface area contributed by atoms with Gasteiger partial charge in [-0.25, -0.2) is 0 Å². The third-order valence-electron chi connectivity index (χ3n) is 4.45. The van der Waals surface area contributed by atoms with Crippen molar-refractivity contribution in [1.29, 1.82) is 0 Å². The first-order valence-corrected chi connectivity index (χ1v) is 9.10. The van der Waals surface area contributed by atoms with Crippen molar-refractivity contribution in [3.05, 3.63) is 121 Å². The second-order valence-electron chi connectivity index (χ2n) is 6.19. The van der Waals surface area contributed by atoms with E-state index in [2.05, 4.69) is 103 Å². The van der Waals surface area contributed by atoms with Crippen LogP contribution in [0.25, 0.3) is 0 Å². The van der Waals surface area contributed by atoms with Crippen molar-refractivity contribution in [1.82, 2.24) is 0 Å². The summed E-state index contributed by atoms with van der Waals surface area (Å²) in [5.74, 6) is 0. The summed E-state index contributed by atoms with van der Waals surface area (Å²) in [5.41, 5.74) is 6.32. The van der Waals surface area contributed by atoms with Crippen LogP contribution >= 0.6 is 0 Å². The van der Waals surface area contributed by atoms with Gasteiger partial charge in [0.05, 0.1) is 5.70 Å². The van der Waals surface area contributed by atoms with Gasteiger partial charge in [-0.3, -0.25) is 0 Å². The third kappa shape index (κ3) is 3.94. The average Bonchev–Trinajstić information content (AvgIpc) is 3.09. The van der Waals surface area contributed by atoms with Crippen molar-refractivity contribution < 1.29 is 0 Å². The Balaban J connectivity index is 2.21. The van der Waals surface area contributed by atoms with Crippen LogP contribution in [-0.2, 0) is 0 Å². The van der Waals surface area contributed by atoms with Crippen LogP contribution in [-0.4, -0.2) is 0 Å². The van der Waals surface area contributed by atoms with E-state index in [0.29, 0.717) is 0 Å². The Morgan fingerprint density at radius 3 is 2.00 bits per heavy atom. The summed E-state index contributed by atoms with van der Waals surface area (Å²) in [5, 5.41) is 0. The fourth-order valence-electron chi connectivity index (χ4n) is 3.28. The lowest BCUT2D eigenvalue weighted by Gasteiger charge is -2.28. The molecule has 130 valence electrons. The molecule has 0 aromatic heterocycles. The molecule has 0 spiro atoms. The maximum Gasteiger partial charge on any atom is 0.0525 e. The van der Waals surface area contributed by atoms with Crippen molar-refractivity contribution in [3.8, 4) is 0 Å². The molecule has 0 amide bonds. The second-order valence-corrected chi connectivity index (χ2v) is 6.19. The highest BCUT2D eigenvalue weighted by molar-refractivity contribution is 5.74. The number of nitrogens with zero attached hydrogens (tertiary/aromatic N) is 1. The summed E-state index contributed by atoms with van der Waals surface area (Å²) in [7, 11) is 0. The van der Waals surface area contributed by atoms with Crippen molar-refractivity contribution in [3.63, 3.8) is 0 Å². The summed E-state index contributed by atoms with van der Waals surface area (Å²) >= 11 is 0. The Labute approximate surface area is 157 Å². The van der Waals surface area contributed by atoms with Gasteiger partial charge in [-0.1, -0.05) is 79.4 Å². The van der Waals surface area contributed by atoms with Crippen molar-refractivity contribution in [2.45, 2.75) is 19.8 Å². The molecule has 0 fully saturated rings. The molecule has 1 nitrogen and oxygen atoms in total. The SMILES string of the molecule is C=CC=CC1=C(N(c2ccccc2)c2ccccc2)/C(=C/C=CC)CC1. The quantitative estimate of drug-likeness (QED) is 0.506. The van der Waals surface area contributed by atoms with Gasteiger partial charge >= 0.3 is 0 Å². The molecule has 0 atom stereocenters. The Morgan fingerprint density at radius 2 is 1.46 bits per heavy atom. The minimum atomic E-state index is 1.04. The Hall–Kier alpha value is -3.06. The van der Waals surface area contributed by atoms with Crippen molar-refractivity contribution in [2.75, 3.05) is 4.90 Å². The normalized spacial score (nSPS) is 16.1. The molecule has 0 bridgehead atoms. The van der Waals surface area contributed by atoms with Gasteiger partial charge in [0.25, 0.3) is 0 Å². The molecular formula is C25H25N. The fraction of sp³-hybridized carbons (Fsp3) is 0.120. The summed E-state index contributed by atoms with van der Waals surface area (Å²) in [4.78, 5) is 2.37. The molecule has 0 aliphatic heterocycles. The van der Waals surface area contributed by atoms with Crippen LogP contribution in [0.1, 0.15) is 19.8 Å². The molecule has 0 heterocycles. The predicted molar refractivity (Wildman–Crippen MR) is 114 cm³/mol. The van der Waals surface area contributed by atoms with E-state index in [1.807, 2.05) is 12.2 Å². The Morgan fingerprint density at radius 1 is 0.846 bits per heavy atom. The van der Waals surface area contributed by atoms with Crippen molar-refractivity contribution in [2.24, 2.45) is 0 Å². The zero-order valence-corrected chi connectivity index (χ0v) is 15.3. The molecule has 2 aromatic carbocycles. The largest absolute Gasteiger partial charge is 0.310 e. The van der Waals surface area contributed by atoms with E-state index in [4.69, 9.17) is 0 Å². The zero-order chi connectivity index (χ0) is 18.2. The molecule has 1 aliphatic carbocycles. The highest BCUT2D eigenvalue weighted by Crippen LogP contribution is 2.41. The van der Waals surface area contributed by atoms with Gasteiger partial charge < -0.3 is 4.90 Å². The number of benzene rings is 2. The zero-order valence-electron chi connectivity index (χ0n) is 15.3. The van der Waals surface area contributed by atoms with E-state index in [-0.39, 0.29) is 0 Å². The van der Waals surface area contributed by atoms with Gasteiger partial charge in [-0.2, -0.15) is 0 Å². The van der Waals surface area contributed by atoms with Crippen LogP contribution in [0.5, 0.6) is 0 Å². The Kier molecular flexibility index (Phi) is 6.05. The smallest absolute Gasteiger partial charge is 0.0525 e.